The van der Waals surface area contributed by atoms with Gasteiger partial charge in [0.1, 0.15) is 0 Å². The first-order chi connectivity index (χ1) is 13.6. The first-order valence-corrected chi connectivity index (χ1v) is 10.2. The van der Waals surface area contributed by atoms with Gasteiger partial charge in [0.25, 0.3) is 5.91 Å². The summed E-state index contributed by atoms with van der Waals surface area (Å²) >= 11 is 0. The minimum atomic E-state index is -0.107. The Labute approximate surface area is 172 Å². The fourth-order valence-electron chi connectivity index (χ4n) is 4.40. The Morgan fingerprint density at radius 3 is 2.38 bits per heavy atom. The number of fused-ring (bicyclic) bond motifs is 2. The van der Waals surface area contributed by atoms with Gasteiger partial charge in [0.2, 0.25) is 0 Å². The molecule has 1 aliphatic rings. The summed E-state index contributed by atoms with van der Waals surface area (Å²) in [5, 5.41) is 3.87. The van der Waals surface area contributed by atoms with Gasteiger partial charge in [0.15, 0.2) is 0 Å². The van der Waals surface area contributed by atoms with Crippen LogP contribution < -0.4 is 11.1 Å². The maximum atomic E-state index is 13.0. The Bertz CT molecular complexity index is 1130. The van der Waals surface area contributed by atoms with Gasteiger partial charge >= 0.3 is 0 Å². The quantitative estimate of drug-likeness (QED) is 0.590. The Kier molecular flexibility index (Phi) is 4.41. The van der Waals surface area contributed by atoms with Crippen LogP contribution in [-0.4, -0.2) is 10.9 Å². The highest BCUT2D eigenvalue weighted by Crippen LogP contribution is 2.45. The van der Waals surface area contributed by atoms with Crippen molar-refractivity contribution in [3.05, 3.63) is 64.8 Å². The number of nitrogens with two attached hydrogens (primary N) is 1. The molecule has 1 aliphatic carbocycles. The predicted octanol–water partition coefficient (Wildman–Crippen LogP) is 5.73. The van der Waals surface area contributed by atoms with Crippen molar-refractivity contribution in [2.45, 2.75) is 58.3 Å². The molecule has 0 atom stereocenters. The van der Waals surface area contributed by atoms with Crippen molar-refractivity contribution >= 4 is 28.2 Å². The number of carbonyl (C=O) groups excluding carboxylic acids is 1. The van der Waals surface area contributed by atoms with E-state index in [1.54, 1.807) is 0 Å². The van der Waals surface area contributed by atoms with Crippen molar-refractivity contribution in [3.8, 4) is 0 Å². The molecule has 0 fully saturated rings. The number of nitrogen functional groups attached to an aromatic ring is 1. The minimum Gasteiger partial charge on any atom is -0.398 e. The van der Waals surface area contributed by atoms with Crippen molar-refractivity contribution < 1.29 is 4.79 Å². The number of hydrogen-bond acceptors (Lipinski definition) is 3. The normalized spacial score (nSPS) is 17.0. The Balaban J connectivity index is 1.67. The molecule has 0 bridgehead atoms. The highest BCUT2D eigenvalue weighted by molar-refractivity contribution is 6.06. The average Bonchev–Trinajstić information content (AvgIpc) is 2.66. The van der Waals surface area contributed by atoms with Gasteiger partial charge in [-0.15, -0.1) is 0 Å². The van der Waals surface area contributed by atoms with E-state index < -0.39 is 0 Å². The van der Waals surface area contributed by atoms with Crippen LogP contribution in [-0.2, 0) is 10.8 Å². The van der Waals surface area contributed by atoms with E-state index in [1.165, 1.54) is 11.1 Å². The zero-order valence-corrected chi connectivity index (χ0v) is 17.9. The molecule has 3 aromatic rings. The van der Waals surface area contributed by atoms with Gasteiger partial charge in [-0.05, 0) is 78.1 Å². The second-order valence-electron chi connectivity index (χ2n) is 9.57. The number of aromatic nitrogens is 1. The van der Waals surface area contributed by atoms with E-state index in [2.05, 4.69) is 50.1 Å². The fraction of sp³-hybridized carbons (Fsp3) is 0.360. The van der Waals surface area contributed by atoms with Crippen LogP contribution in [0.5, 0.6) is 0 Å². The van der Waals surface area contributed by atoms with Crippen LogP contribution in [0, 0.1) is 6.92 Å². The molecule has 0 aliphatic heterocycles. The SMILES string of the molecule is Cc1cc(N)c2cc(NC(=O)c3ccc4c(c3)C(C)(C)CCC4(C)C)ccc2n1. The maximum Gasteiger partial charge on any atom is 0.255 e. The number of rotatable bonds is 2. The Morgan fingerprint density at radius 2 is 1.66 bits per heavy atom. The van der Waals surface area contributed by atoms with Crippen LogP contribution in [0.25, 0.3) is 10.9 Å². The molecule has 150 valence electrons. The molecule has 4 rings (SSSR count). The number of hydrogen-bond donors (Lipinski definition) is 2. The highest BCUT2D eigenvalue weighted by Gasteiger charge is 2.37. The number of carbonyl (C=O) groups is 1. The molecule has 0 saturated heterocycles. The average molecular weight is 388 g/mol. The van der Waals surface area contributed by atoms with Crippen LogP contribution >= 0.6 is 0 Å². The molecule has 0 saturated carbocycles. The molecule has 0 unspecified atom stereocenters. The van der Waals surface area contributed by atoms with Crippen LogP contribution in [0.2, 0.25) is 0 Å². The summed E-state index contributed by atoms with van der Waals surface area (Å²) in [6.07, 6.45) is 2.28. The lowest BCUT2D eigenvalue weighted by Gasteiger charge is -2.42. The molecular formula is C25H29N3O. The van der Waals surface area contributed by atoms with Crippen molar-refractivity contribution in [2.75, 3.05) is 11.1 Å². The predicted molar refractivity (Wildman–Crippen MR) is 121 cm³/mol. The van der Waals surface area contributed by atoms with Gasteiger partial charge in [0.05, 0.1) is 5.52 Å². The minimum absolute atomic E-state index is 0.0715. The monoisotopic (exact) mass is 387 g/mol. The summed E-state index contributed by atoms with van der Waals surface area (Å²) < 4.78 is 0. The molecular weight excluding hydrogens is 358 g/mol. The zero-order chi connectivity index (χ0) is 21.0. The molecule has 1 amide bonds. The van der Waals surface area contributed by atoms with Gasteiger partial charge in [-0.25, -0.2) is 0 Å². The van der Waals surface area contributed by atoms with Crippen molar-refractivity contribution in [2.24, 2.45) is 0 Å². The molecule has 4 heteroatoms. The van der Waals surface area contributed by atoms with E-state index in [9.17, 15) is 4.79 Å². The smallest absolute Gasteiger partial charge is 0.255 e. The summed E-state index contributed by atoms with van der Waals surface area (Å²) in [7, 11) is 0. The van der Waals surface area contributed by atoms with Crippen LogP contribution in [0.15, 0.2) is 42.5 Å². The first-order valence-electron chi connectivity index (χ1n) is 10.2. The summed E-state index contributed by atoms with van der Waals surface area (Å²) in [6, 6.07) is 13.7. The van der Waals surface area contributed by atoms with Gasteiger partial charge in [-0.1, -0.05) is 33.8 Å². The highest BCUT2D eigenvalue weighted by atomic mass is 16.1. The van der Waals surface area contributed by atoms with Gasteiger partial charge in [0, 0.05) is 28.0 Å². The summed E-state index contributed by atoms with van der Waals surface area (Å²) in [5.74, 6) is -0.107. The van der Waals surface area contributed by atoms with E-state index in [0.29, 0.717) is 11.3 Å². The van der Waals surface area contributed by atoms with Crippen LogP contribution in [0.4, 0.5) is 11.4 Å². The molecule has 1 heterocycles. The lowest BCUT2D eigenvalue weighted by atomic mass is 9.63. The molecule has 2 aromatic carbocycles. The lowest BCUT2D eigenvalue weighted by Crippen LogP contribution is -2.34. The number of nitrogens with zero attached hydrogens (tertiary/aromatic N) is 1. The van der Waals surface area contributed by atoms with Crippen molar-refractivity contribution in [3.63, 3.8) is 0 Å². The zero-order valence-electron chi connectivity index (χ0n) is 17.9. The van der Waals surface area contributed by atoms with E-state index in [4.69, 9.17) is 5.73 Å². The number of pyridine rings is 1. The van der Waals surface area contributed by atoms with Gasteiger partial charge in [-0.2, -0.15) is 0 Å². The third-order valence-electron chi connectivity index (χ3n) is 6.34. The van der Waals surface area contributed by atoms with E-state index in [0.717, 1.165) is 35.1 Å². The summed E-state index contributed by atoms with van der Waals surface area (Å²) in [4.78, 5) is 17.5. The van der Waals surface area contributed by atoms with E-state index in [1.807, 2.05) is 37.3 Å². The standard InChI is InChI=1S/C25H29N3O/c1-15-12-21(26)18-14-17(7-9-22(18)27-15)28-23(29)16-6-8-19-20(13-16)25(4,5)11-10-24(19,2)3/h6-9,12-14H,10-11H2,1-5H3,(H2,26,27)(H,28,29). The second kappa shape index (κ2) is 6.58. The topological polar surface area (TPSA) is 68.0 Å². The number of aryl methyl sites for hydroxylation is 1. The number of anilines is 2. The van der Waals surface area contributed by atoms with E-state index in [-0.39, 0.29) is 16.7 Å². The fourth-order valence-corrected chi connectivity index (χ4v) is 4.40. The number of nitrogens with one attached hydrogen (secondary N) is 1. The first kappa shape index (κ1) is 19.4. The maximum absolute atomic E-state index is 13.0. The van der Waals surface area contributed by atoms with Crippen LogP contribution in [0.3, 0.4) is 0 Å². The number of amides is 1. The summed E-state index contributed by atoms with van der Waals surface area (Å²) in [6.45, 7) is 11.0. The van der Waals surface area contributed by atoms with Gasteiger partial charge < -0.3 is 11.1 Å². The van der Waals surface area contributed by atoms with Crippen molar-refractivity contribution in [1.29, 1.82) is 0 Å². The Morgan fingerprint density at radius 1 is 0.966 bits per heavy atom. The Hall–Kier alpha value is -2.88. The number of benzene rings is 2. The van der Waals surface area contributed by atoms with Gasteiger partial charge in [-0.3, -0.25) is 9.78 Å². The third kappa shape index (κ3) is 3.48. The van der Waals surface area contributed by atoms with Crippen molar-refractivity contribution in [1.82, 2.24) is 4.98 Å². The molecule has 1 aromatic heterocycles. The molecule has 0 spiro atoms. The lowest BCUT2D eigenvalue weighted by molar-refractivity contribution is 0.102. The molecule has 3 N–H and O–H groups in total. The summed E-state index contributed by atoms with van der Waals surface area (Å²) in [5.41, 5.74) is 12.8. The molecule has 4 nitrogen and oxygen atoms in total. The third-order valence-corrected chi connectivity index (χ3v) is 6.34. The molecule has 0 radical (unpaired) electrons. The largest absolute Gasteiger partial charge is 0.398 e. The van der Waals surface area contributed by atoms with E-state index >= 15 is 0 Å². The molecule has 29 heavy (non-hydrogen) atoms. The van der Waals surface area contributed by atoms with Crippen LogP contribution in [0.1, 0.15) is 67.7 Å². The second-order valence-corrected chi connectivity index (χ2v) is 9.57.